The van der Waals surface area contributed by atoms with Gasteiger partial charge in [0.05, 0.1) is 51.4 Å². The molecule has 182 valence electrons. The van der Waals surface area contributed by atoms with Gasteiger partial charge in [-0.15, -0.1) is 11.3 Å². The summed E-state index contributed by atoms with van der Waals surface area (Å²) in [6.45, 7) is 6.31. The van der Waals surface area contributed by atoms with Gasteiger partial charge in [-0.05, 0) is 17.7 Å². The molecule has 1 N–H and O–H groups in total. The number of morpholine rings is 1. The van der Waals surface area contributed by atoms with Gasteiger partial charge in [0.1, 0.15) is 12.1 Å². The van der Waals surface area contributed by atoms with E-state index < -0.39 is 0 Å². The van der Waals surface area contributed by atoms with E-state index in [-0.39, 0.29) is 6.61 Å². The van der Waals surface area contributed by atoms with Gasteiger partial charge in [0.25, 0.3) is 0 Å². The lowest BCUT2D eigenvalue weighted by atomic mass is 10.0. The summed E-state index contributed by atoms with van der Waals surface area (Å²) in [5.41, 5.74) is 3.96. The fraction of sp³-hybridized carbons (Fsp3) is 0.417. The number of hydrogen-bond acceptors (Lipinski definition) is 9. The summed E-state index contributed by atoms with van der Waals surface area (Å²) in [7, 11) is 0. The van der Waals surface area contributed by atoms with Crippen LogP contribution >= 0.6 is 11.3 Å². The van der Waals surface area contributed by atoms with Crippen LogP contribution < -0.4 is 4.74 Å². The van der Waals surface area contributed by atoms with E-state index in [4.69, 9.17) is 19.6 Å². The first kappa shape index (κ1) is 22.4. The number of fused-ring (bicyclic) bond motifs is 3. The minimum atomic E-state index is 0.0599. The number of nitrogens with zero attached hydrogens (tertiary/aromatic N) is 7. The van der Waals surface area contributed by atoms with E-state index in [1.807, 2.05) is 17.1 Å². The highest BCUT2D eigenvalue weighted by molar-refractivity contribution is 7.15. The zero-order valence-corrected chi connectivity index (χ0v) is 20.2. The maximum absolute atomic E-state index is 9.16. The molecule has 10 nitrogen and oxygen atoms in total. The van der Waals surface area contributed by atoms with Gasteiger partial charge in [0, 0.05) is 48.3 Å². The Hall–Kier alpha value is -3.12. The third kappa shape index (κ3) is 4.59. The molecule has 35 heavy (non-hydrogen) atoms. The molecule has 1 aromatic carbocycles. The summed E-state index contributed by atoms with van der Waals surface area (Å²) in [6, 6.07) is 6.20. The van der Waals surface area contributed by atoms with Crippen LogP contribution in [0.2, 0.25) is 0 Å². The molecular formula is C24H27N7O3S. The van der Waals surface area contributed by atoms with E-state index in [0.29, 0.717) is 13.2 Å². The normalized spacial score (nSPS) is 15.9. The van der Waals surface area contributed by atoms with Gasteiger partial charge in [0.2, 0.25) is 0 Å². The van der Waals surface area contributed by atoms with E-state index in [1.165, 1.54) is 4.88 Å². The lowest BCUT2D eigenvalue weighted by Crippen LogP contribution is -2.38. The van der Waals surface area contributed by atoms with Crippen molar-refractivity contribution in [1.29, 1.82) is 0 Å². The van der Waals surface area contributed by atoms with Gasteiger partial charge in [-0.2, -0.15) is 10.2 Å². The summed E-state index contributed by atoms with van der Waals surface area (Å²) in [4.78, 5) is 13.2. The van der Waals surface area contributed by atoms with Crippen molar-refractivity contribution in [1.82, 2.24) is 34.4 Å². The van der Waals surface area contributed by atoms with Crippen molar-refractivity contribution >= 4 is 11.3 Å². The molecule has 1 fully saturated rings. The van der Waals surface area contributed by atoms with Crippen molar-refractivity contribution in [2.75, 3.05) is 46.1 Å². The molecule has 0 unspecified atom stereocenters. The zero-order chi connectivity index (χ0) is 23.6. The van der Waals surface area contributed by atoms with Crippen molar-refractivity contribution in [3.8, 4) is 39.0 Å². The number of ether oxygens (including phenoxy) is 2. The first-order valence-electron chi connectivity index (χ1n) is 11.9. The minimum absolute atomic E-state index is 0.0599. The minimum Gasteiger partial charge on any atom is -0.492 e. The first-order chi connectivity index (χ1) is 17.3. The van der Waals surface area contributed by atoms with Crippen molar-refractivity contribution in [3.05, 3.63) is 41.8 Å². The van der Waals surface area contributed by atoms with Crippen LogP contribution in [-0.2, 0) is 24.2 Å². The number of thiazole rings is 1. The SMILES string of the molecule is OCCn1cc(-c2ccc3c(c2)OCCc2sc(-c4ncnn4CCN4CCOCC4)nc2-3)cn1. The highest BCUT2D eigenvalue weighted by Crippen LogP contribution is 2.41. The van der Waals surface area contributed by atoms with Crippen LogP contribution in [0.25, 0.3) is 33.2 Å². The highest BCUT2D eigenvalue weighted by atomic mass is 32.1. The quantitative estimate of drug-likeness (QED) is 0.418. The largest absolute Gasteiger partial charge is 0.492 e. The Morgan fingerprint density at radius 3 is 2.83 bits per heavy atom. The number of aromatic nitrogens is 6. The molecule has 4 aromatic rings. The lowest BCUT2D eigenvalue weighted by Gasteiger charge is -2.26. The van der Waals surface area contributed by atoms with Gasteiger partial charge in [-0.3, -0.25) is 9.58 Å². The average molecular weight is 494 g/mol. The van der Waals surface area contributed by atoms with Crippen LogP contribution in [0, 0.1) is 0 Å². The molecule has 3 aromatic heterocycles. The fourth-order valence-corrected chi connectivity index (χ4v) is 5.55. The molecule has 0 aliphatic carbocycles. The molecule has 0 bridgehead atoms. The standard InChI is InChI=1S/C24H27N7O3S/c32-9-6-30-15-18(14-26-30)17-1-2-19-20(13-17)34-10-3-21-22(19)28-24(35-21)23-25-16-27-31(23)5-4-29-7-11-33-12-8-29/h1-2,13-16,32H,3-12H2. The smallest absolute Gasteiger partial charge is 0.187 e. The molecule has 0 amide bonds. The zero-order valence-electron chi connectivity index (χ0n) is 19.3. The number of rotatable bonds is 7. The molecule has 2 aliphatic heterocycles. The average Bonchev–Trinajstić information content (AvgIpc) is 3.62. The van der Waals surface area contributed by atoms with Crippen LogP contribution in [0.5, 0.6) is 5.75 Å². The maximum Gasteiger partial charge on any atom is 0.187 e. The molecule has 0 spiro atoms. The predicted molar refractivity (Wildman–Crippen MR) is 131 cm³/mol. The van der Waals surface area contributed by atoms with E-state index in [2.05, 4.69) is 38.3 Å². The first-order valence-corrected chi connectivity index (χ1v) is 12.7. The van der Waals surface area contributed by atoms with Crippen LogP contribution in [0.1, 0.15) is 4.88 Å². The van der Waals surface area contributed by atoms with E-state index in [0.717, 1.165) is 84.8 Å². The molecule has 2 aliphatic rings. The summed E-state index contributed by atoms with van der Waals surface area (Å²) in [5.74, 6) is 1.63. The van der Waals surface area contributed by atoms with Crippen LogP contribution in [0.3, 0.4) is 0 Å². The van der Waals surface area contributed by atoms with E-state index in [1.54, 1.807) is 22.3 Å². The second-order valence-corrected chi connectivity index (χ2v) is 9.66. The van der Waals surface area contributed by atoms with Crippen LogP contribution in [0.15, 0.2) is 36.9 Å². The van der Waals surface area contributed by atoms with Gasteiger partial charge in [0.15, 0.2) is 10.8 Å². The Labute approximate surface area is 206 Å². The van der Waals surface area contributed by atoms with E-state index >= 15 is 0 Å². The van der Waals surface area contributed by atoms with Crippen LogP contribution in [-0.4, -0.2) is 85.6 Å². The maximum atomic E-state index is 9.16. The summed E-state index contributed by atoms with van der Waals surface area (Å²) in [6.07, 6.45) is 6.16. The molecule has 0 radical (unpaired) electrons. The number of hydrogen-bond donors (Lipinski definition) is 1. The number of aliphatic hydroxyl groups is 1. The number of benzene rings is 1. The van der Waals surface area contributed by atoms with Gasteiger partial charge < -0.3 is 14.6 Å². The molecule has 11 heteroatoms. The molecule has 6 rings (SSSR count). The van der Waals surface area contributed by atoms with Gasteiger partial charge in [-0.1, -0.05) is 6.07 Å². The summed E-state index contributed by atoms with van der Waals surface area (Å²) in [5, 5.41) is 18.8. The second kappa shape index (κ2) is 9.86. The van der Waals surface area contributed by atoms with Crippen molar-refractivity contribution in [2.24, 2.45) is 0 Å². The van der Waals surface area contributed by atoms with Gasteiger partial charge in [-0.25, -0.2) is 14.6 Å². The monoisotopic (exact) mass is 493 g/mol. The van der Waals surface area contributed by atoms with E-state index in [9.17, 15) is 0 Å². The second-order valence-electron chi connectivity index (χ2n) is 8.58. The fourth-order valence-electron chi connectivity index (χ4n) is 4.49. The Bertz CT molecular complexity index is 1310. The third-order valence-corrected chi connectivity index (χ3v) is 7.47. The third-order valence-electron chi connectivity index (χ3n) is 6.35. The molecule has 1 saturated heterocycles. The summed E-state index contributed by atoms with van der Waals surface area (Å²) < 4.78 is 15.3. The molecular weight excluding hydrogens is 466 g/mol. The molecule has 0 saturated carbocycles. The summed E-state index contributed by atoms with van der Waals surface area (Å²) >= 11 is 1.67. The lowest BCUT2D eigenvalue weighted by molar-refractivity contribution is 0.0360. The van der Waals surface area contributed by atoms with Crippen molar-refractivity contribution in [3.63, 3.8) is 0 Å². The van der Waals surface area contributed by atoms with Crippen molar-refractivity contribution in [2.45, 2.75) is 19.5 Å². The van der Waals surface area contributed by atoms with Gasteiger partial charge >= 0.3 is 0 Å². The predicted octanol–water partition coefficient (Wildman–Crippen LogP) is 2.19. The topological polar surface area (TPSA) is 103 Å². The number of aliphatic hydroxyl groups excluding tert-OH is 1. The Morgan fingerprint density at radius 2 is 1.94 bits per heavy atom. The Kier molecular flexibility index (Phi) is 6.30. The Balaban J connectivity index is 1.26. The highest BCUT2D eigenvalue weighted by Gasteiger charge is 2.23. The van der Waals surface area contributed by atoms with Crippen molar-refractivity contribution < 1.29 is 14.6 Å². The molecule has 5 heterocycles. The Morgan fingerprint density at radius 1 is 1.03 bits per heavy atom. The molecule has 0 atom stereocenters. The van der Waals surface area contributed by atoms with Crippen LogP contribution in [0.4, 0.5) is 0 Å².